The summed E-state index contributed by atoms with van der Waals surface area (Å²) in [7, 11) is 0. The molecule has 148 valence electrons. The van der Waals surface area contributed by atoms with Gasteiger partial charge in [-0.25, -0.2) is 0 Å². The summed E-state index contributed by atoms with van der Waals surface area (Å²) < 4.78 is 0. The predicted molar refractivity (Wildman–Crippen MR) is 109 cm³/mol. The van der Waals surface area contributed by atoms with Crippen molar-refractivity contribution in [3.8, 4) is 0 Å². The number of rotatable bonds is 2. The van der Waals surface area contributed by atoms with Crippen LogP contribution in [0.15, 0.2) is 23.8 Å². The van der Waals surface area contributed by atoms with Crippen LogP contribution in [-0.2, 0) is 9.59 Å². The maximum Gasteiger partial charge on any atom is 0.146 e. The SMILES string of the molecule is C=C(C)[C@H]1CC[C@@]2(C)CC[C@]3(C)C[C@@H]4[C@@H](C(=O)C[C@@H]4C)C(C=O)=CC[C@H]3[C@H]12. The second-order valence-electron chi connectivity index (χ2n) is 11.0. The summed E-state index contributed by atoms with van der Waals surface area (Å²) in [6, 6.07) is 0. The third kappa shape index (κ3) is 2.81. The van der Waals surface area contributed by atoms with Crippen LogP contribution in [0.2, 0.25) is 0 Å². The molecule has 0 radical (unpaired) electrons. The van der Waals surface area contributed by atoms with Crippen molar-refractivity contribution in [3.63, 3.8) is 0 Å². The maximum absolute atomic E-state index is 12.7. The van der Waals surface area contributed by atoms with Gasteiger partial charge in [-0.15, -0.1) is 0 Å². The fourth-order valence-corrected chi connectivity index (χ4v) is 7.77. The van der Waals surface area contributed by atoms with Gasteiger partial charge in [0, 0.05) is 12.3 Å². The Kier molecular flexibility index (Phi) is 4.56. The lowest BCUT2D eigenvalue weighted by molar-refractivity contribution is -0.122. The van der Waals surface area contributed by atoms with E-state index in [4.69, 9.17) is 0 Å². The molecule has 0 N–H and O–H groups in total. The smallest absolute Gasteiger partial charge is 0.146 e. The van der Waals surface area contributed by atoms with Crippen LogP contribution in [0.25, 0.3) is 0 Å². The molecule has 3 saturated carbocycles. The van der Waals surface area contributed by atoms with E-state index in [2.05, 4.69) is 40.3 Å². The Morgan fingerprint density at radius 1 is 1.22 bits per heavy atom. The zero-order chi connectivity index (χ0) is 19.6. The van der Waals surface area contributed by atoms with Gasteiger partial charge in [0.1, 0.15) is 12.1 Å². The van der Waals surface area contributed by atoms with E-state index in [1.165, 1.54) is 31.3 Å². The lowest BCUT2D eigenvalue weighted by atomic mass is 9.49. The van der Waals surface area contributed by atoms with Crippen LogP contribution in [0.1, 0.15) is 72.6 Å². The van der Waals surface area contributed by atoms with Crippen LogP contribution in [0.5, 0.6) is 0 Å². The molecule has 0 aromatic carbocycles. The van der Waals surface area contributed by atoms with Gasteiger partial charge >= 0.3 is 0 Å². The lowest BCUT2D eigenvalue weighted by Gasteiger charge is -2.55. The van der Waals surface area contributed by atoms with Crippen molar-refractivity contribution in [2.75, 3.05) is 0 Å². The number of hydrogen-bond acceptors (Lipinski definition) is 2. The Morgan fingerprint density at radius 3 is 2.59 bits per heavy atom. The highest BCUT2D eigenvalue weighted by Crippen LogP contribution is 2.66. The second kappa shape index (κ2) is 6.42. The maximum atomic E-state index is 12.7. The molecule has 0 aliphatic heterocycles. The van der Waals surface area contributed by atoms with Crippen LogP contribution in [0, 0.1) is 46.3 Å². The molecule has 4 aliphatic carbocycles. The number of allylic oxidation sites excluding steroid dienone is 3. The van der Waals surface area contributed by atoms with E-state index in [1.807, 2.05) is 0 Å². The summed E-state index contributed by atoms with van der Waals surface area (Å²) in [6.45, 7) is 13.8. The Morgan fingerprint density at radius 2 is 1.93 bits per heavy atom. The molecule has 0 bridgehead atoms. The van der Waals surface area contributed by atoms with Crippen LogP contribution in [0.3, 0.4) is 0 Å². The van der Waals surface area contributed by atoms with Crippen molar-refractivity contribution in [2.45, 2.75) is 72.6 Å². The van der Waals surface area contributed by atoms with Gasteiger partial charge in [0.15, 0.2) is 0 Å². The Bertz CT molecular complexity index is 703. The van der Waals surface area contributed by atoms with Gasteiger partial charge < -0.3 is 0 Å². The number of fused-ring (bicyclic) bond motifs is 4. The number of carbonyl (C=O) groups excluding carboxylic acids is 2. The van der Waals surface area contributed by atoms with Gasteiger partial charge in [0.2, 0.25) is 0 Å². The van der Waals surface area contributed by atoms with Crippen molar-refractivity contribution >= 4 is 12.1 Å². The number of ketones is 1. The van der Waals surface area contributed by atoms with E-state index >= 15 is 0 Å². The van der Waals surface area contributed by atoms with E-state index in [1.54, 1.807) is 0 Å². The molecule has 0 aromatic heterocycles. The molecule has 3 fully saturated rings. The average molecular weight is 369 g/mol. The van der Waals surface area contributed by atoms with Gasteiger partial charge in [0.25, 0.3) is 0 Å². The minimum Gasteiger partial charge on any atom is -0.299 e. The van der Waals surface area contributed by atoms with E-state index in [9.17, 15) is 9.59 Å². The van der Waals surface area contributed by atoms with Crippen LogP contribution >= 0.6 is 0 Å². The van der Waals surface area contributed by atoms with Gasteiger partial charge in [-0.2, -0.15) is 0 Å². The first-order valence-electron chi connectivity index (χ1n) is 11.0. The molecule has 0 saturated heterocycles. The summed E-state index contributed by atoms with van der Waals surface area (Å²) in [5, 5.41) is 0. The number of carbonyl (C=O) groups is 2. The van der Waals surface area contributed by atoms with Crippen molar-refractivity contribution in [3.05, 3.63) is 23.8 Å². The molecule has 0 amide bonds. The van der Waals surface area contributed by atoms with Crippen molar-refractivity contribution < 1.29 is 9.59 Å². The standard InChI is InChI=1S/C25H36O2/c1-15(2)18-8-9-24(4)10-11-25(5)13-19-16(3)12-21(27)22(19)17(14-26)6-7-20(25)23(18)24/h6,14,16,18-20,22-23H,1,7-13H2,2-5H3/t16-,18+,19-,20-,22-,23-,24-,25+/m0/s1. The van der Waals surface area contributed by atoms with Gasteiger partial charge in [-0.1, -0.05) is 39.0 Å². The van der Waals surface area contributed by atoms with Crippen molar-refractivity contribution in [2.24, 2.45) is 46.3 Å². The predicted octanol–water partition coefficient (Wildman–Crippen LogP) is 5.77. The minimum absolute atomic E-state index is 0.135. The zero-order valence-electron chi connectivity index (χ0n) is 17.6. The molecule has 4 aliphatic rings. The Labute approximate surface area is 164 Å². The number of hydrogen-bond donors (Lipinski definition) is 0. The monoisotopic (exact) mass is 368 g/mol. The Hall–Kier alpha value is -1.18. The second-order valence-corrected chi connectivity index (χ2v) is 11.0. The molecule has 0 unspecified atom stereocenters. The topological polar surface area (TPSA) is 34.1 Å². The quantitative estimate of drug-likeness (QED) is 0.458. The minimum atomic E-state index is -0.135. The Balaban J connectivity index is 1.78. The normalized spacial score (nSPS) is 49.3. The first kappa shape index (κ1) is 19.2. The molecular formula is C25H36O2. The van der Waals surface area contributed by atoms with Gasteiger partial charge in [0.05, 0.1) is 0 Å². The highest BCUT2D eigenvalue weighted by atomic mass is 16.1. The van der Waals surface area contributed by atoms with Crippen molar-refractivity contribution in [1.29, 1.82) is 0 Å². The van der Waals surface area contributed by atoms with Gasteiger partial charge in [-0.3, -0.25) is 9.59 Å². The van der Waals surface area contributed by atoms with Crippen LogP contribution in [-0.4, -0.2) is 12.1 Å². The molecule has 4 rings (SSSR count). The highest BCUT2D eigenvalue weighted by Gasteiger charge is 2.58. The van der Waals surface area contributed by atoms with E-state index in [0.717, 1.165) is 24.7 Å². The van der Waals surface area contributed by atoms with Crippen LogP contribution in [0.4, 0.5) is 0 Å². The molecule has 27 heavy (non-hydrogen) atoms. The summed E-state index contributed by atoms with van der Waals surface area (Å²) in [5.74, 6) is 2.79. The average Bonchev–Trinajstić information content (AvgIpc) is 3.07. The first-order valence-corrected chi connectivity index (χ1v) is 11.0. The van der Waals surface area contributed by atoms with E-state index < -0.39 is 0 Å². The molecule has 0 heterocycles. The largest absolute Gasteiger partial charge is 0.299 e. The van der Waals surface area contributed by atoms with E-state index in [-0.39, 0.29) is 11.3 Å². The number of Topliss-reactive ketones (excluding diaryl/α,β-unsaturated/α-hetero) is 1. The van der Waals surface area contributed by atoms with Gasteiger partial charge in [-0.05, 0) is 91.4 Å². The fraction of sp³-hybridized carbons (Fsp3) is 0.760. The third-order valence-corrected chi connectivity index (χ3v) is 9.33. The molecule has 8 atom stereocenters. The van der Waals surface area contributed by atoms with E-state index in [0.29, 0.717) is 47.2 Å². The summed E-state index contributed by atoms with van der Waals surface area (Å²) in [5.41, 5.74) is 2.82. The molecule has 0 spiro atoms. The first-order chi connectivity index (χ1) is 12.7. The molecule has 2 nitrogen and oxygen atoms in total. The lowest BCUT2D eigenvalue weighted by Crippen LogP contribution is -2.48. The summed E-state index contributed by atoms with van der Waals surface area (Å²) in [4.78, 5) is 24.6. The summed E-state index contributed by atoms with van der Waals surface area (Å²) in [6.07, 6.45) is 11.0. The van der Waals surface area contributed by atoms with Crippen LogP contribution < -0.4 is 0 Å². The summed E-state index contributed by atoms with van der Waals surface area (Å²) >= 11 is 0. The van der Waals surface area contributed by atoms with Crippen molar-refractivity contribution in [1.82, 2.24) is 0 Å². The molecule has 0 aromatic rings. The fourth-order valence-electron chi connectivity index (χ4n) is 7.77. The zero-order valence-corrected chi connectivity index (χ0v) is 17.6. The third-order valence-electron chi connectivity index (χ3n) is 9.33. The highest BCUT2D eigenvalue weighted by molar-refractivity contribution is 5.93. The molecule has 2 heteroatoms. The number of aldehydes is 1. The molecular weight excluding hydrogens is 332 g/mol.